The second-order valence-corrected chi connectivity index (χ2v) is 4.98. The molecule has 5 nitrogen and oxygen atoms in total. The molecule has 1 atom stereocenters. The van der Waals surface area contributed by atoms with Gasteiger partial charge in [-0.25, -0.2) is 4.98 Å². The number of aryl methyl sites for hydroxylation is 1. The lowest BCUT2D eigenvalue weighted by atomic mass is 10.2. The Hall–Kier alpha value is -1.17. The van der Waals surface area contributed by atoms with E-state index in [-0.39, 0.29) is 0 Å². The summed E-state index contributed by atoms with van der Waals surface area (Å²) in [6, 6.07) is 0.519. The van der Waals surface area contributed by atoms with Gasteiger partial charge in [0, 0.05) is 30.3 Å². The lowest BCUT2D eigenvalue weighted by Crippen LogP contribution is -2.31. The van der Waals surface area contributed by atoms with Crippen LogP contribution in [-0.2, 0) is 0 Å². The Morgan fingerprint density at radius 2 is 2.35 bits per heavy atom. The quantitative estimate of drug-likeness (QED) is 0.793. The third-order valence-corrected chi connectivity index (χ3v) is 4.05. The van der Waals surface area contributed by atoms with Crippen LogP contribution in [0.15, 0.2) is 12.4 Å². The Kier molecular flexibility index (Phi) is 2.74. The first-order valence-electron chi connectivity index (χ1n) is 5.80. The van der Waals surface area contributed by atoms with Crippen molar-refractivity contribution in [1.29, 1.82) is 0 Å². The summed E-state index contributed by atoms with van der Waals surface area (Å²) in [5.41, 5.74) is 0.859. The molecule has 1 saturated heterocycles. The molecule has 0 radical (unpaired) electrons. The van der Waals surface area contributed by atoms with E-state index in [2.05, 4.69) is 36.0 Å². The fourth-order valence-corrected chi connectivity index (χ4v) is 3.08. The van der Waals surface area contributed by atoms with Crippen molar-refractivity contribution in [3.8, 4) is 0 Å². The summed E-state index contributed by atoms with van der Waals surface area (Å²) in [4.78, 5) is 6.81. The molecule has 3 rings (SSSR count). The minimum absolute atomic E-state index is 0.519. The highest BCUT2D eigenvalue weighted by atomic mass is 79.9. The number of halogens is 1. The minimum Gasteiger partial charge on any atom is -0.350 e. The first-order chi connectivity index (χ1) is 8.31. The summed E-state index contributed by atoms with van der Waals surface area (Å²) in [7, 11) is 0. The second kappa shape index (κ2) is 4.25. The predicted molar refractivity (Wildman–Crippen MR) is 69.7 cm³/mol. The van der Waals surface area contributed by atoms with Crippen molar-refractivity contribution < 1.29 is 0 Å². The molecule has 6 heteroatoms. The highest BCUT2D eigenvalue weighted by molar-refractivity contribution is 9.09. The van der Waals surface area contributed by atoms with E-state index in [4.69, 9.17) is 0 Å². The molecule has 0 N–H and O–H groups in total. The standard InChI is InChI=1S/C11H14BrN5/c1-8-14-15-11-10(13-4-6-16(8)11)17-5-2-3-9(17)7-12/h4,6,9H,2-3,5,7H2,1H3. The third-order valence-electron chi connectivity index (χ3n) is 3.31. The van der Waals surface area contributed by atoms with Crippen LogP contribution in [0, 0.1) is 6.92 Å². The minimum atomic E-state index is 0.519. The third kappa shape index (κ3) is 1.71. The summed E-state index contributed by atoms with van der Waals surface area (Å²) in [5, 5.41) is 9.31. The van der Waals surface area contributed by atoms with Crippen molar-refractivity contribution in [1.82, 2.24) is 19.6 Å². The molecule has 0 bridgehead atoms. The zero-order valence-corrected chi connectivity index (χ0v) is 11.3. The molecule has 3 heterocycles. The van der Waals surface area contributed by atoms with E-state index in [1.54, 1.807) is 0 Å². The fourth-order valence-electron chi connectivity index (χ4n) is 2.41. The molecule has 2 aromatic heterocycles. The van der Waals surface area contributed by atoms with Gasteiger partial charge in [-0.1, -0.05) is 15.9 Å². The topological polar surface area (TPSA) is 46.3 Å². The molecule has 1 fully saturated rings. The fraction of sp³-hybridized carbons (Fsp3) is 0.545. The van der Waals surface area contributed by atoms with Gasteiger partial charge in [-0.05, 0) is 19.8 Å². The number of aromatic nitrogens is 4. The lowest BCUT2D eigenvalue weighted by Gasteiger charge is -2.23. The number of anilines is 1. The largest absolute Gasteiger partial charge is 0.350 e. The van der Waals surface area contributed by atoms with Crippen LogP contribution in [0.5, 0.6) is 0 Å². The van der Waals surface area contributed by atoms with E-state index in [1.165, 1.54) is 12.8 Å². The van der Waals surface area contributed by atoms with Crippen LogP contribution >= 0.6 is 15.9 Å². The molecular formula is C11H14BrN5. The van der Waals surface area contributed by atoms with Gasteiger partial charge < -0.3 is 4.90 Å². The normalized spacial score (nSPS) is 20.4. The molecule has 2 aromatic rings. The summed E-state index contributed by atoms with van der Waals surface area (Å²) >= 11 is 3.57. The summed E-state index contributed by atoms with van der Waals surface area (Å²) in [5.74, 6) is 1.85. The SMILES string of the molecule is Cc1nnc2c(N3CCCC3CBr)nccn12. The zero-order chi connectivity index (χ0) is 11.8. The average molecular weight is 296 g/mol. The van der Waals surface area contributed by atoms with Gasteiger partial charge in [0.25, 0.3) is 0 Å². The van der Waals surface area contributed by atoms with E-state index in [0.717, 1.165) is 29.2 Å². The van der Waals surface area contributed by atoms with Crippen molar-refractivity contribution >= 4 is 27.4 Å². The maximum atomic E-state index is 4.48. The lowest BCUT2D eigenvalue weighted by molar-refractivity contribution is 0.741. The Labute approximate surface area is 108 Å². The Morgan fingerprint density at radius 3 is 3.18 bits per heavy atom. The van der Waals surface area contributed by atoms with Crippen molar-refractivity contribution in [3.63, 3.8) is 0 Å². The molecule has 0 aromatic carbocycles. The molecule has 17 heavy (non-hydrogen) atoms. The molecule has 1 unspecified atom stereocenters. The maximum absolute atomic E-state index is 4.48. The van der Waals surface area contributed by atoms with Crippen LogP contribution in [0.25, 0.3) is 5.65 Å². The highest BCUT2D eigenvalue weighted by Crippen LogP contribution is 2.27. The van der Waals surface area contributed by atoms with Crippen LogP contribution in [0.4, 0.5) is 5.82 Å². The molecule has 90 valence electrons. The van der Waals surface area contributed by atoms with Crippen LogP contribution in [0.2, 0.25) is 0 Å². The molecular weight excluding hydrogens is 282 g/mol. The van der Waals surface area contributed by atoms with E-state index in [1.807, 2.05) is 23.7 Å². The predicted octanol–water partition coefficient (Wildman–Crippen LogP) is 1.80. The maximum Gasteiger partial charge on any atom is 0.203 e. The van der Waals surface area contributed by atoms with Gasteiger partial charge in [-0.15, -0.1) is 10.2 Å². The smallest absolute Gasteiger partial charge is 0.203 e. The first-order valence-corrected chi connectivity index (χ1v) is 6.92. The van der Waals surface area contributed by atoms with Gasteiger partial charge in [0.15, 0.2) is 5.82 Å². The Morgan fingerprint density at radius 1 is 1.47 bits per heavy atom. The number of fused-ring (bicyclic) bond motifs is 1. The summed E-state index contributed by atoms with van der Waals surface area (Å²) in [6.45, 7) is 3.00. The van der Waals surface area contributed by atoms with Crippen LogP contribution in [0.1, 0.15) is 18.7 Å². The van der Waals surface area contributed by atoms with E-state index >= 15 is 0 Å². The monoisotopic (exact) mass is 295 g/mol. The van der Waals surface area contributed by atoms with Gasteiger partial charge in [-0.3, -0.25) is 4.40 Å². The van der Waals surface area contributed by atoms with Crippen LogP contribution in [0.3, 0.4) is 0 Å². The number of alkyl halides is 1. The molecule has 0 spiro atoms. The molecule has 0 saturated carbocycles. The van der Waals surface area contributed by atoms with E-state index in [9.17, 15) is 0 Å². The van der Waals surface area contributed by atoms with Crippen molar-refractivity contribution in [2.75, 3.05) is 16.8 Å². The van der Waals surface area contributed by atoms with Gasteiger partial charge in [0.2, 0.25) is 5.65 Å². The van der Waals surface area contributed by atoms with Crippen LogP contribution in [-0.4, -0.2) is 37.5 Å². The summed E-state index contributed by atoms with van der Waals surface area (Å²) in [6.07, 6.45) is 6.16. The molecule has 0 amide bonds. The first kappa shape index (κ1) is 11.0. The molecule has 1 aliphatic heterocycles. The van der Waals surface area contributed by atoms with Gasteiger partial charge >= 0.3 is 0 Å². The Bertz CT molecular complexity index is 538. The zero-order valence-electron chi connectivity index (χ0n) is 9.67. The second-order valence-electron chi connectivity index (χ2n) is 4.34. The van der Waals surface area contributed by atoms with Gasteiger partial charge in [0.05, 0.1) is 0 Å². The number of hydrogen-bond donors (Lipinski definition) is 0. The Balaban J connectivity index is 2.10. The summed E-state index contributed by atoms with van der Waals surface area (Å²) < 4.78 is 1.99. The van der Waals surface area contributed by atoms with Crippen LogP contribution < -0.4 is 4.90 Å². The van der Waals surface area contributed by atoms with E-state index in [0.29, 0.717) is 6.04 Å². The van der Waals surface area contributed by atoms with E-state index < -0.39 is 0 Å². The van der Waals surface area contributed by atoms with Gasteiger partial charge in [0.1, 0.15) is 5.82 Å². The highest BCUT2D eigenvalue weighted by Gasteiger charge is 2.27. The van der Waals surface area contributed by atoms with Crippen molar-refractivity contribution in [3.05, 3.63) is 18.2 Å². The van der Waals surface area contributed by atoms with Gasteiger partial charge in [-0.2, -0.15) is 0 Å². The number of nitrogens with zero attached hydrogens (tertiary/aromatic N) is 5. The number of rotatable bonds is 2. The number of hydrogen-bond acceptors (Lipinski definition) is 4. The average Bonchev–Trinajstić information content (AvgIpc) is 2.96. The van der Waals surface area contributed by atoms with Crippen molar-refractivity contribution in [2.24, 2.45) is 0 Å². The molecule has 0 aliphatic carbocycles. The van der Waals surface area contributed by atoms with Crippen molar-refractivity contribution in [2.45, 2.75) is 25.8 Å². The molecule has 1 aliphatic rings.